The molecular weight excluding hydrogens is 218 g/mol. The normalized spacial score (nSPS) is 26.6. The van der Waals surface area contributed by atoms with Crippen molar-refractivity contribution < 1.29 is 9.53 Å². The van der Waals surface area contributed by atoms with Gasteiger partial charge in [-0.3, -0.25) is 4.79 Å². The Morgan fingerprint density at radius 3 is 2.65 bits per heavy atom. The highest BCUT2D eigenvalue weighted by Gasteiger charge is 2.28. The van der Waals surface area contributed by atoms with E-state index in [-0.39, 0.29) is 18.0 Å². The van der Waals surface area contributed by atoms with Gasteiger partial charge < -0.3 is 20.3 Å². The van der Waals surface area contributed by atoms with Crippen LogP contribution >= 0.6 is 0 Å². The predicted molar refractivity (Wildman–Crippen MR) is 68.0 cm³/mol. The first kappa shape index (κ1) is 14.4. The molecule has 3 atom stereocenters. The second kappa shape index (κ2) is 6.93. The molecule has 0 bridgehead atoms. The molecule has 2 N–H and O–H groups in total. The Balaban J connectivity index is 2.53. The molecular formula is C12H25N3O2. The molecule has 1 aliphatic rings. The van der Waals surface area contributed by atoms with Gasteiger partial charge in [-0.2, -0.15) is 0 Å². The molecule has 3 unspecified atom stereocenters. The summed E-state index contributed by atoms with van der Waals surface area (Å²) in [6.45, 7) is 8.97. The van der Waals surface area contributed by atoms with Crippen molar-refractivity contribution >= 4 is 5.91 Å². The van der Waals surface area contributed by atoms with Gasteiger partial charge in [-0.1, -0.05) is 0 Å². The predicted octanol–water partition coefficient (Wildman–Crippen LogP) is -0.180. The zero-order chi connectivity index (χ0) is 12.8. The Kier molecular flexibility index (Phi) is 5.88. The summed E-state index contributed by atoms with van der Waals surface area (Å²) in [6, 6.07) is 0.453. The first-order valence-corrected chi connectivity index (χ1v) is 6.36. The van der Waals surface area contributed by atoms with E-state index >= 15 is 0 Å². The SMILES string of the molecule is CCN(C(=O)C1CNC(C)CN1)C(C)COC. The summed E-state index contributed by atoms with van der Waals surface area (Å²) < 4.78 is 5.11. The fourth-order valence-corrected chi connectivity index (χ4v) is 2.17. The Bertz CT molecular complexity index is 240. The maximum absolute atomic E-state index is 12.3. The molecule has 0 aliphatic carbocycles. The van der Waals surface area contributed by atoms with Gasteiger partial charge in [0.05, 0.1) is 18.7 Å². The minimum atomic E-state index is -0.106. The number of amides is 1. The summed E-state index contributed by atoms with van der Waals surface area (Å²) in [5.41, 5.74) is 0. The number of methoxy groups -OCH3 is 1. The van der Waals surface area contributed by atoms with Gasteiger partial charge in [0.2, 0.25) is 5.91 Å². The summed E-state index contributed by atoms with van der Waals surface area (Å²) in [5.74, 6) is 0.163. The highest BCUT2D eigenvalue weighted by molar-refractivity contribution is 5.82. The van der Waals surface area contributed by atoms with Crippen LogP contribution in [-0.4, -0.2) is 62.3 Å². The van der Waals surface area contributed by atoms with Crippen LogP contribution in [-0.2, 0) is 9.53 Å². The van der Waals surface area contributed by atoms with Crippen LogP contribution in [0.25, 0.3) is 0 Å². The van der Waals surface area contributed by atoms with E-state index in [9.17, 15) is 4.79 Å². The van der Waals surface area contributed by atoms with Gasteiger partial charge in [0, 0.05) is 32.8 Å². The first-order valence-electron chi connectivity index (χ1n) is 6.36. The molecule has 1 saturated heterocycles. The number of ether oxygens (including phenoxy) is 1. The number of carbonyl (C=O) groups is 1. The lowest BCUT2D eigenvalue weighted by atomic mass is 10.1. The third kappa shape index (κ3) is 3.94. The summed E-state index contributed by atoms with van der Waals surface area (Å²) in [5, 5.41) is 6.61. The maximum Gasteiger partial charge on any atom is 0.241 e. The highest BCUT2D eigenvalue weighted by atomic mass is 16.5. The fraction of sp³-hybridized carbons (Fsp3) is 0.917. The molecule has 0 aromatic heterocycles. The van der Waals surface area contributed by atoms with Crippen LogP contribution in [0.15, 0.2) is 0 Å². The molecule has 17 heavy (non-hydrogen) atoms. The molecule has 1 fully saturated rings. The maximum atomic E-state index is 12.3. The average molecular weight is 243 g/mol. The van der Waals surface area contributed by atoms with Gasteiger partial charge in [0.25, 0.3) is 0 Å². The van der Waals surface area contributed by atoms with Crippen molar-refractivity contribution in [2.24, 2.45) is 0 Å². The largest absolute Gasteiger partial charge is 0.383 e. The minimum absolute atomic E-state index is 0.106. The number of carbonyl (C=O) groups excluding carboxylic acids is 1. The van der Waals surface area contributed by atoms with E-state index in [4.69, 9.17) is 4.74 Å². The van der Waals surface area contributed by atoms with Crippen LogP contribution in [0.4, 0.5) is 0 Å². The molecule has 5 nitrogen and oxygen atoms in total. The van der Waals surface area contributed by atoms with E-state index in [1.807, 2.05) is 18.7 Å². The van der Waals surface area contributed by atoms with Crippen LogP contribution in [0.3, 0.4) is 0 Å². The monoisotopic (exact) mass is 243 g/mol. The Morgan fingerprint density at radius 1 is 1.47 bits per heavy atom. The lowest BCUT2D eigenvalue weighted by molar-refractivity contribution is -0.136. The second-order valence-corrected chi connectivity index (χ2v) is 4.70. The van der Waals surface area contributed by atoms with Crippen molar-refractivity contribution in [1.82, 2.24) is 15.5 Å². The molecule has 0 aromatic carbocycles. The molecule has 0 saturated carbocycles. The number of likely N-dealkylation sites (N-methyl/N-ethyl adjacent to an activating group) is 1. The third-order valence-electron chi connectivity index (χ3n) is 3.20. The molecule has 0 radical (unpaired) electrons. The van der Waals surface area contributed by atoms with Gasteiger partial charge >= 0.3 is 0 Å². The lowest BCUT2D eigenvalue weighted by Gasteiger charge is -2.35. The third-order valence-corrected chi connectivity index (χ3v) is 3.20. The van der Waals surface area contributed by atoms with E-state index in [2.05, 4.69) is 17.6 Å². The smallest absolute Gasteiger partial charge is 0.241 e. The van der Waals surface area contributed by atoms with Gasteiger partial charge in [-0.15, -0.1) is 0 Å². The van der Waals surface area contributed by atoms with E-state index in [1.165, 1.54) is 0 Å². The molecule has 5 heteroatoms. The van der Waals surface area contributed by atoms with Crippen molar-refractivity contribution in [2.75, 3.05) is 33.4 Å². The number of nitrogens with one attached hydrogen (secondary N) is 2. The lowest BCUT2D eigenvalue weighted by Crippen LogP contribution is -2.60. The topological polar surface area (TPSA) is 53.6 Å². The summed E-state index contributed by atoms with van der Waals surface area (Å²) in [7, 11) is 1.66. The Labute approximate surface area is 104 Å². The van der Waals surface area contributed by atoms with Crippen LogP contribution in [0.2, 0.25) is 0 Å². The van der Waals surface area contributed by atoms with Crippen molar-refractivity contribution in [3.05, 3.63) is 0 Å². The van der Waals surface area contributed by atoms with Gasteiger partial charge in [0.1, 0.15) is 0 Å². The average Bonchev–Trinajstić information content (AvgIpc) is 2.31. The van der Waals surface area contributed by atoms with E-state index in [1.54, 1.807) is 7.11 Å². The Hall–Kier alpha value is -0.650. The molecule has 1 amide bonds. The summed E-state index contributed by atoms with van der Waals surface area (Å²) in [6.07, 6.45) is 0. The minimum Gasteiger partial charge on any atom is -0.383 e. The number of rotatable bonds is 5. The van der Waals surface area contributed by atoms with Crippen molar-refractivity contribution in [2.45, 2.75) is 38.9 Å². The molecule has 1 aliphatic heterocycles. The number of hydrogen-bond acceptors (Lipinski definition) is 4. The van der Waals surface area contributed by atoms with Crippen LogP contribution in [0.5, 0.6) is 0 Å². The fourth-order valence-electron chi connectivity index (χ4n) is 2.17. The molecule has 1 rings (SSSR count). The summed E-state index contributed by atoms with van der Waals surface area (Å²) >= 11 is 0. The van der Waals surface area contributed by atoms with Crippen molar-refractivity contribution in [3.63, 3.8) is 0 Å². The molecule has 1 heterocycles. The van der Waals surface area contributed by atoms with Gasteiger partial charge in [-0.05, 0) is 20.8 Å². The van der Waals surface area contributed by atoms with E-state index in [0.717, 1.165) is 13.1 Å². The Morgan fingerprint density at radius 2 is 2.18 bits per heavy atom. The second-order valence-electron chi connectivity index (χ2n) is 4.70. The highest BCUT2D eigenvalue weighted by Crippen LogP contribution is 2.05. The number of piperazine rings is 1. The number of nitrogens with zero attached hydrogens (tertiary/aromatic N) is 1. The molecule has 0 aromatic rings. The quantitative estimate of drug-likeness (QED) is 0.703. The number of hydrogen-bond donors (Lipinski definition) is 2. The van der Waals surface area contributed by atoms with E-state index < -0.39 is 0 Å². The van der Waals surface area contributed by atoms with E-state index in [0.29, 0.717) is 19.2 Å². The first-order chi connectivity index (χ1) is 8.10. The van der Waals surface area contributed by atoms with Crippen molar-refractivity contribution in [3.8, 4) is 0 Å². The van der Waals surface area contributed by atoms with Gasteiger partial charge in [0.15, 0.2) is 0 Å². The summed E-state index contributed by atoms with van der Waals surface area (Å²) in [4.78, 5) is 14.2. The van der Waals surface area contributed by atoms with Crippen LogP contribution < -0.4 is 10.6 Å². The standard InChI is InChI=1S/C12H25N3O2/c1-5-15(10(3)8-17-4)12(16)11-7-13-9(2)6-14-11/h9-11,13-14H,5-8H2,1-4H3. The molecule has 0 spiro atoms. The zero-order valence-corrected chi connectivity index (χ0v) is 11.3. The van der Waals surface area contributed by atoms with Crippen molar-refractivity contribution in [1.29, 1.82) is 0 Å². The van der Waals surface area contributed by atoms with Crippen LogP contribution in [0.1, 0.15) is 20.8 Å². The zero-order valence-electron chi connectivity index (χ0n) is 11.3. The van der Waals surface area contributed by atoms with Gasteiger partial charge in [-0.25, -0.2) is 0 Å². The van der Waals surface area contributed by atoms with Crippen LogP contribution in [0, 0.1) is 0 Å². The molecule has 100 valence electrons.